The first-order valence-corrected chi connectivity index (χ1v) is 6.22. The lowest BCUT2D eigenvalue weighted by Gasteiger charge is -2.22. The van der Waals surface area contributed by atoms with E-state index < -0.39 is 5.97 Å². The highest BCUT2D eigenvalue weighted by Crippen LogP contribution is 2.03. The van der Waals surface area contributed by atoms with Crippen LogP contribution in [0.4, 0.5) is 0 Å². The summed E-state index contributed by atoms with van der Waals surface area (Å²) in [5.41, 5.74) is 0.930. The molecule has 0 saturated carbocycles. The topological polar surface area (TPSA) is 40.5 Å². The predicted molar refractivity (Wildman–Crippen MR) is 67.6 cm³/mol. The molecule has 0 amide bonds. The maximum Gasteiger partial charge on any atom is 0.328 e. The second-order valence-corrected chi connectivity index (χ2v) is 4.31. The van der Waals surface area contributed by atoms with Crippen LogP contribution in [0.2, 0.25) is 0 Å². The summed E-state index contributed by atoms with van der Waals surface area (Å²) in [6, 6.07) is 0. The fraction of sp³-hybridized carbons (Fsp3) is 0.769. The molecule has 0 heterocycles. The molecule has 0 rings (SSSR count). The van der Waals surface area contributed by atoms with Crippen LogP contribution >= 0.6 is 0 Å². The zero-order valence-electron chi connectivity index (χ0n) is 10.8. The molecule has 0 aromatic carbocycles. The monoisotopic (exact) mass is 227 g/mol. The maximum absolute atomic E-state index is 10.5. The van der Waals surface area contributed by atoms with Crippen LogP contribution in [0.1, 0.15) is 46.5 Å². The zero-order valence-corrected chi connectivity index (χ0v) is 10.8. The Morgan fingerprint density at radius 2 is 1.69 bits per heavy atom. The molecule has 0 aliphatic carbocycles. The van der Waals surface area contributed by atoms with Crippen molar-refractivity contribution in [3.63, 3.8) is 0 Å². The lowest BCUT2D eigenvalue weighted by atomic mass is 10.2. The molecule has 0 aromatic heterocycles. The normalized spacial score (nSPS) is 12.1. The Morgan fingerprint density at radius 1 is 1.19 bits per heavy atom. The predicted octanol–water partition coefficient (Wildman–Crippen LogP) is 2.92. The molecular weight excluding hydrogens is 202 g/mol. The molecule has 0 atom stereocenters. The van der Waals surface area contributed by atoms with Gasteiger partial charge in [-0.25, -0.2) is 4.79 Å². The van der Waals surface area contributed by atoms with Gasteiger partial charge in [-0.3, -0.25) is 4.90 Å². The number of aliphatic carboxylic acids is 1. The molecule has 3 heteroatoms. The molecule has 1 N–H and O–H groups in total. The molecule has 0 bridgehead atoms. The Balaban J connectivity index is 4.12. The fourth-order valence-corrected chi connectivity index (χ4v) is 1.64. The Labute approximate surface area is 99.1 Å². The maximum atomic E-state index is 10.5. The van der Waals surface area contributed by atoms with Crippen molar-refractivity contribution in [1.82, 2.24) is 4.90 Å². The van der Waals surface area contributed by atoms with Crippen LogP contribution in [0.15, 0.2) is 11.6 Å². The number of carbonyl (C=O) groups is 1. The number of carboxylic acids is 1. The molecule has 0 unspecified atom stereocenters. The van der Waals surface area contributed by atoms with E-state index in [9.17, 15) is 4.79 Å². The van der Waals surface area contributed by atoms with Crippen molar-refractivity contribution in [1.29, 1.82) is 0 Å². The van der Waals surface area contributed by atoms with Gasteiger partial charge in [-0.2, -0.15) is 0 Å². The summed E-state index contributed by atoms with van der Waals surface area (Å²) >= 11 is 0. The SMILES string of the molecule is CCCCN(CCCC)CC(C)=CC(=O)O. The van der Waals surface area contributed by atoms with Gasteiger partial charge in [0.25, 0.3) is 0 Å². The lowest BCUT2D eigenvalue weighted by Crippen LogP contribution is -2.28. The average Bonchev–Trinajstić information content (AvgIpc) is 2.20. The van der Waals surface area contributed by atoms with Crippen molar-refractivity contribution in [2.45, 2.75) is 46.5 Å². The van der Waals surface area contributed by atoms with Gasteiger partial charge in [-0.15, -0.1) is 0 Å². The van der Waals surface area contributed by atoms with Gasteiger partial charge in [0.2, 0.25) is 0 Å². The van der Waals surface area contributed by atoms with Crippen LogP contribution in [0.25, 0.3) is 0 Å². The minimum absolute atomic E-state index is 0.784. The minimum atomic E-state index is -0.844. The van der Waals surface area contributed by atoms with Crippen LogP contribution in [0.5, 0.6) is 0 Å². The number of rotatable bonds is 9. The second-order valence-electron chi connectivity index (χ2n) is 4.31. The molecule has 3 nitrogen and oxygen atoms in total. The third-order valence-electron chi connectivity index (χ3n) is 2.50. The smallest absolute Gasteiger partial charge is 0.328 e. The molecule has 0 spiro atoms. The molecule has 0 aromatic rings. The highest BCUT2D eigenvalue weighted by atomic mass is 16.4. The van der Waals surface area contributed by atoms with Crippen LogP contribution in [0.3, 0.4) is 0 Å². The van der Waals surface area contributed by atoms with E-state index in [-0.39, 0.29) is 0 Å². The quantitative estimate of drug-likeness (QED) is 0.616. The largest absolute Gasteiger partial charge is 0.478 e. The average molecular weight is 227 g/mol. The third kappa shape index (κ3) is 8.48. The molecule has 0 aliphatic rings. The highest BCUT2D eigenvalue weighted by molar-refractivity contribution is 5.80. The van der Waals surface area contributed by atoms with Gasteiger partial charge < -0.3 is 5.11 Å². The zero-order chi connectivity index (χ0) is 12.4. The van der Waals surface area contributed by atoms with Crippen molar-refractivity contribution < 1.29 is 9.90 Å². The van der Waals surface area contributed by atoms with Gasteiger partial charge in [0.05, 0.1) is 0 Å². The summed E-state index contributed by atoms with van der Waals surface area (Å²) in [6.45, 7) is 9.17. The molecule has 0 aliphatic heterocycles. The minimum Gasteiger partial charge on any atom is -0.478 e. The third-order valence-corrected chi connectivity index (χ3v) is 2.50. The Morgan fingerprint density at radius 3 is 2.06 bits per heavy atom. The summed E-state index contributed by atoms with van der Waals surface area (Å²) in [5, 5.41) is 8.65. The molecular formula is C13H25NO2. The van der Waals surface area contributed by atoms with E-state index >= 15 is 0 Å². The van der Waals surface area contributed by atoms with Crippen LogP contribution in [0, 0.1) is 0 Å². The van der Waals surface area contributed by atoms with Gasteiger partial charge in [0, 0.05) is 12.6 Å². The lowest BCUT2D eigenvalue weighted by molar-refractivity contribution is -0.131. The van der Waals surface area contributed by atoms with E-state index in [0.29, 0.717) is 0 Å². The van der Waals surface area contributed by atoms with Crippen LogP contribution < -0.4 is 0 Å². The summed E-state index contributed by atoms with van der Waals surface area (Å²) < 4.78 is 0. The van der Waals surface area contributed by atoms with Crippen LogP contribution in [-0.2, 0) is 4.79 Å². The summed E-state index contributed by atoms with van der Waals surface area (Å²) in [6.07, 6.45) is 6.05. The van der Waals surface area contributed by atoms with E-state index in [2.05, 4.69) is 18.7 Å². The number of hydrogen-bond donors (Lipinski definition) is 1. The van der Waals surface area contributed by atoms with Gasteiger partial charge in [0.1, 0.15) is 0 Å². The van der Waals surface area contributed by atoms with Crippen molar-refractivity contribution >= 4 is 5.97 Å². The number of hydrogen-bond acceptors (Lipinski definition) is 2. The van der Waals surface area contributed by atoms with Crippen molar-refractivity contribution in [3.05, 3.63) is 11.6 Å². The van der Waals surface area contributed by atoms with E-state index in [4.69, 9.17) is 5.11 Å². The first kappa shape index (κ1) is 15.2. The number of unbranched alkanes of at least 4 members (excludes halogenated alkanes) is 2. The van der Waals surface area contributed by atoms with Crippen molar-refractivity contribution in [2.75, 3.05) is 19.6 Å². The van der Waals surface area contributed by atoms with Crippen LogP contribution in [-0.4, -0.2) is 35.6 Å². The molecule has 94 valence electrons. The van der Waals surface area contributed by atoms with Gasteiger partial charge in [-0.05, 0) is 32.9 Å². The number of carboxylic acid groups (broad SMARTS) is 1. The Kier molecular flexibility index (Phi) is 8.91. The van der Waals surface area contributed by atoms with E-state index in [0.717, 1.165) is 25.2 Å². The van der Waals surface area contributed by atoms with E-state index in [1.54, 1.807) is 0 Å². The fourth-order valence-electron chi connectivity index (χ4n) is 1.64. The molecule has 0 saturated heterocycles. The second kappa shape index (κ2) is 9.40. The highest BCUT2D eigenvalue weighted by Gasteiger charge is 2.05. The first-order valence-electron chi connectivity index (χ1n) is 6.22. The van der Waals surface area contributed by atoms with E-state index in [1.165, 1.54) is 31.8 Å². The van der Waals surface area contributed by atoms with Crippen molar-refractivity contribution in [3.8, 4) is 0 Å². The van der Waals surface area contributed by atoms with Gasteiger partial charge in [-0.1, -0.05) is 32.3 Å². The Bertz CT molecular complexity index is 216. The summed E-state index contributed by atoms with van der Waals surface area (Å²) in [7, 11) is 0. The van der Waals surface area contributed by atoms with Crippen molar-refractivity contribution in [2.24, 2.45) is 0 Å². The summed E-state index contributed by atoms with van der Waals surface area (Å²) in [4.78, 5) is 12.9. The standard InChI is InChI=1S/C13H25NO2/c1-4-6-8-14(9-7-5-2)11-12(3)10-13(15)16/h10H,4-9,11H2,1-3H3,(H,15,16). The first-order chi connectivity index (χ1) is 7.60. The van der Waals surface area contributed by atoms with Gasteiger partial charge >= 0.3 is 5.97 Å². The molecule has 0 fully saturated rings. The molecule has 0 radical (unpaired) electrons. The van der Waals surface area contributed by atoms with E-state index in [1.807, 2.05) is 6.92 Å². The Hall–Kier alpha value is -0.830. The summed E-state index contributed by atoms with van der Waals surface area (Å²) in [5.74, 6) is -0.844. The molecule has 16 heavy (non-hydrogen) atoms. The number of nitrogens with zero attached hydrogens (tertiary/aromatic N) is 1. The van der Waals surface area contributed by atoms with Gasteiger partial charge in [0.15, 0.2) is 0 Å².